The summed E-state index contributed by atoms with van der Waals surface area (Å²) in [6.07, 6.45) is -0.389. The molecule has 0 aromatic heterocycles. The monoisotopic (exact) mass is 184 g/mol. The first-order valence-corrected chi connectivity index (χ1v) is 4.88. The highest BCUT2D eigenvalue weighted by molar-refractivity contribution is 7.46. The zero-order valence-corrected chi connectivity index (χ0v) is 7.45. The molecule has 0 aromatic carbocycles. The van der Waals surface area contributed by atoms with Gasteiger partial charge in [0.1, 0.15) is 0 Å². The molecule has 6 heteroatoms. The molecule has 1 atom stereocenters. The van der Waals surface area contributed by atoms with Crippen LogP contribution in [0.4, 0.5) is 0 Å². The predicted molar refractivity (Wildman–Crippen MR) is 38.8 cm³/mol. The minimum atomic E-state index is -4.39. The quantitative estimate of drug-likeness (QED) is 0.489. The van der Waals surface area contributed by atoms with E-state index in [1.807, 2.05) is 0 Å². The van der Waals surface area contributed by atoms with Crippen LogP contribution in [0.1, 0.15) is 20.3 Å². The summed E-state index contributed by atoms with van der Waals surface area (Å²) in [6.45, 7) is 3.82. The van der Waals surface area contributed by atoms with Gasteiger partial charge in [-0.05, 0) is 13.3 Å². The standard InChI is InChI=1S/C5H13O5P/c1-3-5(9-4-2)10-11(6,7)8/h5H,3-4H2,1-2H3,(H2,6,7,8). The van der Waals surface area contributed by atoms with Gasteiger partial charge in [0.15, 0.2) is 6.29 Å². The Balaban J connectivity index is 3.78. The molecule has 0 aromatic rings. The molecule has 68 valence electrons. The van der Waals surface area contributed by atoms with E-state index in [0.29, 0.717) is 13.0 Å². The van der Waals surface area contributed by atoms with Gasteiger partial charge >= 0.3 is 7.82 Å². The van der Waals surface area contributed by atoms with Gasteiger partial charge in [-0.15, -0.1) is 0 Å². The smallest absolute Gasteiger partial charge is 0.352 e. The average Bonchev–Trinajstić information content (AvgIpc) is 1.84. The third kappa shape index (κ3) is 6.47. The molecule has 0 fully saturated rings. The lowest BCUT2D eigenvalue weighted by atomic mass is 10.5. The third-order valence-electron chi connectivity index (χ3n) is 0.941. The van der Waals surface area contributed by atoms with Gasteiger partial charge in [0.25, 0.3) is 0 Å². The molecule has 0 aliphatic carbocycles. The Hall–Kier alpha value is 0.0700. The molecule has 5 nitrogen and oxygen atoms in total. The van der Waals surface area contributed by atoms with E-state index >= 15 is 0 Å². The van der Waals surface area contributed by atoms with Gasteiger partial charge in [0, 0.05) is 6.61 Å². The minimum absolute atomic E-state index is 0.374. The number of phosphoric acid groups is 1. The summed E-state index contributed by atoms with van der Waals surface area (Å²) in [7, 11) is -4.39. The van der Waals surface area contributed by atoms with Gasteiger partial charge in [-0.1, -0.05) is 6.92 Å². The fourth-order valence-electron chi connectivity index (χ4n) is 0.562. The number of hydrogen-bond donors (Lipinski definition) is 2. The fourth-order valence-corrected chi connectivity index (χ4v) is 1.08. The van der Waals surface area contributed by atoms with Crippen LogP contribution in [-0.4, -0.2) is 22.7 Å². The molecule has 2 N–H and O–H groups in total. The second kappa shape index (κ2) is 4.85. The van der Waals surface area contributed by atoms with Crippen LogP contribution in [0.2, 0.25) is 0 Å². The molecular formula is C5H13O5P. The lowest BCUT2D eigenvalue weighted by molar-refractivity contribution is -0.0891. The first-order chi connectivity index (χ1) is 4.99. The van der Waals surface area contributed by atoms with Crippen LogP contribution in [-0.2, 0) is 13.8 Å². The molecule has 1 unspecified atom stereocenters. The van der Waals surface area contributed by atoms with Crippen molar-refractivity contribution in [1.82, 2.24) is 0 Å². The number of hydrogen-bond acceptors (Lipinski definition) is 3. The highest BCUT2D eigenvalue weighted by atomic mass is 31.2. The first kappa shape index (κ1) is 11.1. The average molecular weight is 184 g/mol. The molecule has 0 spiro atoms. The third-order valence-corrected chi connectivity index (χ3v) is 1.45. The van der Waals surface area contributed by atoms with E-state index in [9.17, 15) is 4.57 Å². The second-order valence-electron chi connectivity index (χ2n) is 1.89. The number of rotatable bonds is 5. The Morgan fingerprint density at radius 2 is 2.00 bits per heavy atom. The summed E-state index contributed by atoms with van der Waals surface area (Å²) in [6, 6.07) is 0. The van der Waals surface area contributed by atoms with E-state index in [4.69, 9.17) is 14.5 Å². The number of ether oxygens (including phenoxy) is 1. The van der Waals surface area contributed by atoms with E-state index in [1.165, 1.54) is 0 Å². The van der Waals surface area contributed by atoms with E-state index in [-0.39, 0.29) is 0 Å². The topological polar surface area (TPSA) is 76.0 Å². The van der Waals surface area contributed by atoms with Crippen LogP contribution in [0.25, 0.3) is 0 Å². The van der Waals surface area contributed by atoms with Crippen LogP contribution < -0.4 is 0 Å². The zero-order valence-electron chi connectivity index (χ0n) is 6.56. The van der Waals surface area contributed by atoms with Crippen LogP contribution in [0, 0.1) is 0 Å². The van der Waals surface area contributed by atoms with Crippen LogP contribution >= 0.6 is 7.82 Å². The van der Waals surface area contributed by atoms with Crippen molar-refractivity contribution in [3.05, 3.63) is 0 Å². The molecule has 0 aliphatic rings. The lowest BCUT2D eigenvalue weighted by Gasteiger charge is -2.15. The highest BCUT2D eigenvalue weighted by Gasteiger charge is 2.20. The second-order valence-corrected chi connectivity index (χ2v) is 3.08. The van der Waals surface area contributed by atoms with Gasteiger partial charge < -0.3 is 14.5 Å². The van der Waals surface area contributed by atoms with Crippen LogP contribution in [0.5, 0.6) is 0 Å². The maximum Gasteiger partial charge on any atom is 0.471 e. The summed E-state index contributed by atoms with van der Waals surface area (Å²) in [5.41, 5.74) is 0. The van der Waals surface area contributed by atoms with E-state index < -0.39 is 14.1 Å². The lowest BCUT2D eigenvalue weighted by Crippen LogP contribution is -2.14. The zero-order chi connectivity index (χ0) is 8.91. The molecule has 0 rings (SSSR count). The first-order valence-electron chi connectivity index (χ1n) is 3.35. The molecular weight excluding hydrogens is 171 g/mol. The minimum Gasteiger partial charge on any atom is -0.352 e. The normalized spacial score (nSPS) is 14.9. The van der Waals surface area contributed by atoms with Crippen molar-refractivity contribution in [3.63, 3.8) is 0 Å². The van der Waals surface area contributed by atoms with E-state index in [2.05, 4.69) is 4.52 Å². The maximum atomic E-state index is 10.3. The Labute approximate surface area is 65.6 Å². The summed E-state index contributed by atoms with van der Waals surface area (Å²) in [4.78, 5) is 16.7. The summed E-state index contributed by atoms with van der Waals surface area (Å²) in [5, 5.41) is 0. The number of phosphoric ester groups is 1. The molecule has 0 heterocycles. The molecule has 0 amide bonds. The van der Waals surface area contributed by atoms with Crippen molar-refractivity contribution >= 4 is 7.82 Å². The Kier molecular flexibility index (Phi) is 4.88. The summed E-state index contributed by atoms with van der Waals surface area (Å²) >= 11 is 0. The molecule has 0 bridgehead atoms. The molecule has 0 saturated heterocycles. The van der Waals surface area contributed by atoms with E-state index in [0.717, 1.165) is 0 Å². The highest BCUT2D eigenvalue weighted by Crippen LogP contribution is 2.38. The van der Waals surface area contributed by atoms with Gasteiger partial charge in [0.05, 0.1) is 0 Å². The maximum absolute atomic E-state index is 10.3. The van der Waals surface area contributed by atoms with Crippen molar-refractivity contribution < 1.29 is 23.6 Å². The van der Waals surface area contributed by atoms with Crippen molar-refractivity contribution in [2.75, 3.05) is 6.61 Å². The molecule has 0 saturated carbocycles. The summed E-state index contributed by atoms with van der Waals surface area (Å²) < 4.78 is 19.4. The Morgan fingerprint density at radius 3 is 2.27 bits per heavy atom. The van der Waals surface area contributed by atoms with Crippen molar-refractivity contribution in [2.24, 2.45) is 0 Å². The van der Waals surface area contributed by atoms with Gasteiger partial charge in [-0.2, -0.15) is 0 Å². The van der Waals surface area contributed by atoms with Gasteiger partial charge in [0.2, 0.25) is 0 Å². The summed E-state index contributed by atoms with van der Waals surface area (Å²) in [5.74, 6) is 0. The SMILES string of the molecule is CCOC(CC)OP(=O)(O)O. The largest absolute Gasteiger partial charge is 0.471 e. The van der Waals surface area contributed by atoms with Gasteiger partial charge in [-0.3, -0.25) is 4.52 Å². The van der Waals surface area contributed by atoms with Crippen LogP contribution in [0.3, 0.4) is 0 Å². The van der Waals surface area contributed by atoms with Gasteiger partial charge in [-0.25, -0.2) is 4.57 Å². The fraction of sp³-hybridized carbons (Fsp3) is 1.00. The molecule has 11 heavy (non-hydrogen) atoms. The van der Waals surface area contributed by atoms with Crippen molar-refractivity contribution in [2.45, 2.75) is 26.6 Å². The predicted octanol–water partition coefficient (Wildman–Crippen LogP) is 0.868. The van der Waals surface area contributed by atoms with Crippen molar-refractivity contribution in [3.8, 4) is 0 Å². The Bertz CT molecular complexity index is 142. The van der Waals surface area contributed by atoms with Crippen LogP contribution in [0.15, 0.2) is 0 Å². The van der Waals surface area contributed by atoms with E-state index in [1.54, 1.807) is 13.8 Å². The molecule has 0 aliphatic heterocycles. The molecule has 0 radical (unpaired) electrons. The van der Waals surface area contributed by atoms with Crippen molar-refractivity contribution in [1.29, 1.82) is 0 Å². The Morgan fingerprint density at radius 1 is 1.45 bits per heavy atom.